The molecule has 4 nitrogen and oxygen atoms in total. The Morgan fingerprint density at radius 2 is 1.32 bits per heavy atom. The number of nitrogens with zero attached hydrogens (tertiary/aromatic N) is 3. The SMILES string of the molecule is c1ccc2cc3c(cc2c1)c1ccccc1n3-c1nc2c3c(cccc3n1)Oc1c-2ccc2ccccc12. The predicted octanol–water partition coefficient (Wildman–Crippen LogP) is 8.81. The van der Waals surface area contributed by atoms with Crippen molar-refractivity contribution in [3.8, 4) is 28.7 Å². The number of fused-ring (bicyclic) bond motifs is 8. The molecular weight excluding hydrogens is 466 g/mol. The van der Waals surface area contributed by atoms with E-state index in [1.165, 1.54) is 21.5 Å². The molecule has 0 N–H and O–H groups in total. The van der Waals surface area contributed by atoms with Gasteiger partial charge in [0.05, 0.1) is 27.6 Å². The van der Waals surface area contributed by atoms with Gasteiger partial charge in [-0.1, -0.05) is 78.9 Å². The van der Waals surface area contributed by atoms with Crippen molar-refractivity contribution in [1.29, 1.82) is 0 Å². The molecule has 0 fully saturated rings. The molecule has 0 amide bonds. The van der Waals surface area contributed by atoms with Crippen molar-refractivity contribution in [2.75, 3.05) is 0 Å². The molecule has 0 unspecified atom stereocenters. The van der Waals surface area contributed by atoms with Crippen LogP contribution in [0.5, 0.6) is 11.5 Å². The molecule has 0 bridgehead atoms. The quantitative estimate of drug-likeness (QED) is 0.233. The van der Waals surface area contributed by atoms with Crippen LogP contribution in [0.4, 0.5) is 0 Å². The summed E-state index contributed by atoms with van der Waals surface area (Å²) in [4.78, 5) is 10.4. The van der Waals surface area contributed by atoms with Crippen LogP contribution >= 0.6 is 0 Å². The van der Waals surface area contributed by atoms with Crippen molar-refractivity contribution in [3.63, 3.8) is 0 Å². The number of rotatable bonds is 1. The molecule has 9 rings (SSSR count). The molecule has 176 valence electrons. The molecule has 3 heterocycles. The van der Waals surface area contributed by atoms with Gasteiger partial charge in [-0.25, -0.2) is 9.97 Å². The topological polar surface area (TPSA) is 39.9 Å². The summed E-state index contributed by atoms with van der Waals surface area (Å²) in [7, 11) is 0. The van der Waals surface area contributed by atoms with Crippen molar-refractivity contribution in [1.82, 2.24) is 14.5 Å². The van der Waals surface area contributed by atoms with Crippen LogP contribution in [0.25, 0.3) is 71.5 Å². The second-order valence-corrected chi connectivity index (χ2v) is 9.86. The smallest absolute Gasteiger partial charge is 0.235 e. The fraction of sp³-hybridized carbons (Fsp3) is 0. The van der Waals surface area contributed by atoms with Gasteiger partial charge in [-0.15, -0.1) is 0 Å². The Morgan fingerprint density at radius 1 is 0.553 bits per heavy atom. The minimum atomic E-state index is 0.659. The highest BCUT2D eigenvalue weighted by molar-refractivity contribution is 6.14. The molecule has 2 aromatic heterocycles. The molecule has 1 aliphatic heterocycles. The molecule has 0 saturated heterocycles. The van der Waals surface area contributed by atoms with Gasteiger partial charge >= 0.3 is 0 Å². The van der Waals surface area contributed by atoms with E-state index < -0.39 is 0 Å². The minimum absolute atomic E-state index is 0.659. The molecule has 0 aliphatic carbocycles. The molecule has 0 atom stereocenters. The normalized spacial score (nSPS) is 12.4. The average molecular weight is 486 g/mol. The van der Waals surface area contributed by atoms with Crippen molar-refractivity contribution in [2.24, 2.45) is 0 Å². The average Bonchev–Trinajstić information content (AvgIpc) is 3.29. The molecule has 38 heavy (non-hydrogen) atoms. The van der Waals surface area contributed by atoms with Gasteiger partial charge in [0.1, 0.15) is 11.5 Å². The maximum Gasteiger partial charge on any atom is 0.235 e. The zero-order valence-corrected chi connectivity index (χ0v) is 20.2. The van der Waals surface area contributed by atoms with E-state index in [0.717, 1.165) is 55.5 Å². The van der Waals surface area contributed by atoms with Crippen LogP contribution in [0.15, 0.2) is 115 Å². The second-order valence-electron chi connectivity index (χ2n) is 9.86. The van der Waals surface area contributed by atoms with Crippen LogP contribution in [0.2, 0.25) is 0 Å². The van der Waals surface area contributed by atoms with E-state index in [1.807, 2.05) is 18.2 Å². The molecule has 1 aliphatic rings. The first-order valence-electron chi connectivity index (χ1n) is 12.8. The monoisotopic (exact) mass is 485 g/mol. The van der Waals surface area contributed by atoms with Crippen LogP contribution in [-0.2, 0) is 0 Å². The van der Waals surface area contributed by atoms with Crippen LogP contribution in [0.1, 0.15) is 0 Å². The van der Waals surface area contributed by atoms with Crippen LogP contribution in [0, 0.1) is 0 Å². The minimum Gasteiger partial charge on any atom is -0.455 e. The molecular formula is C34H19N3O. The summed E-state index contributed by atoms with van der Waals surface area (Å²) in [5.74, 6) is 2.30. The molecule has 0 radical (unpaired) electrons. The van der Waals surface area contributed by atoms with E-state index in [9.17, 15) is 0 Å². The summed E-state index contributed by atoms with van der Waals surface area (Å²) in [5.41, 5.74) is 4.94. The fourth-order valence-corrected chi connectivity index (χ4v) is 6.04. The van der Waals surface area contributed by atoms with Gasteiger partial charge in [-0.05, 0) is 52.6 Å². The summed E-state index contributed by atoms with van der Waals surface area (Å²) < 4.78 is 8.70. The number of benzene rings is 6. The van der Waals surface area contributed by atoms with Crippen molar-refractivity contribution in [2.45, 2.75) is 0 Å². The summed E-state index contributed by atoms with van der Waals surface area (Å²) in [6.45, 7) is 0. The largest absolute Gasteiger partial charge is 0.455 e. The summed E-state index contributed by atoms with van der Waals surface area (Å²) in [6.07, 6.45) is 0. The first-order valence-corrected chi connectivity index (χ1v) is 12.8. The fourth-order valence-electron chi connectivity index (χ4n) is 6.04. The van der Waals surface area contributed by atoms with E-state index in [1.54, 1.807) is 0 Å². The third kappa shape index (κ3) is 2.58. The maximum absolute atomic E-state index is 6.50. The lowest BCUT2D eigenvalue weighted by Crippen LogP contribution is -2.06. The van der Waals surface area contributed by atoms with Gasteiger partial charge in [-0.3, -0.25) is 4.57 Å². The maximum atomic E-state index is 6.50. The summed E-state index contributed by atoms with van der Waals surface area (Å²) >= 11 is 0. The molecule has 6 aromatic carbocycles. The number of aromatic nitrogens is 3. The Balaban J connectivity index is 1.42. The third-order valence-electron chi connectivity index (χ3n) is 7.76. The Labute approximate surface area is 217 Å². The lowest BCUT2D eigenvalue weighted by atomic mass is 9.98. The first kappa shape index (κ1) is 19.9. The van der Waals surface area contributed by atoms with E-state index in [-0.39, 0.29) is 0 Å². The molecule has 0 saturated carbocycles. The van der Waals surface area contributed by atoms with Gasteiger partial charge in [-0.2, -0.15) is 0 Å². The van der Waals surface area contributed by atoms with E-state index in [4.69, 9.17) is 14.7 Å². The van der Waals surface area contributed by atoms with Crippen molar-refractivity contribution >= 4 is 54.3 Å². The number of hydrogen-bond acceptors (Lipinski definition) is 3. The molecule has 4 heteroatoms. The standard InChI is InChI=1S/C34H19N3O/c1-2-10-22-19-29-26(18-21(22)9-1)24-12-5-6-14-28(24)37(29)34-35-27-13-7-15-30-31(27)32(36-34)25-17-16-20-8-3-4-11-23(20)33(25)38-30/h1-19H. The van der Waals surface area contributed by atoms with Crippen LogP contribution in [-0.4, -0.2) is 14.5 Å². The van der Waals surface area contributed by atoms with Gasteiger partial charge in [0, 0.05) is 21.7 Å². The Hall–Kier alpha value is -5.22. The van der Waals surface area contributed by atoms with Crippen LogP contribution < -0.4 is 4.74 Å². The predicted molar refractivity (Wildman–Crippen MR) is 154 cm³/mol. The Morgan fingerprint density at radius 3 is 2.21 bits per heavy atom. The first-order chi connectivity index (χ1) is 18.8. The van der Waals surface area contributed by atoms with Crippen molar-refractivity contribution in [3.05, 3.63) is 115 Å². The van der Waals surface area contributed by atoms with Gasteiger partial charge in [0.15, 0.2) is 0 Å². The number of ether oxygens (including phenoxy) is 1. The van der Waals surface area contributed by atoms with E-state index in [2.05, 4.69) is 102 Å². The third-order valence-corrected chi connectivity index (χ3v) is 7.76. The van der Waals surface area contributed by atoms with Crippen molar-refractivity contribution < 1.29 is 4.74 Å². The lowest BCUT2D eigenvalue weighted by Gasteiger charge is -2.22. The van der Waals surface area contributed by atoms with Crippen LogP contribution in [0.3, 0.4) is 0 Å². The van der Waals surface area contributed by atoms with Gasteiger partial charge in [0.25, 0.3) is 0 Å². The second kappa shape index (κ2) is 7.17. The summed E-state index contributed by atoms with van der Waals surface area (Å²) in [6, 6.07) is 40.2. The van der Waals surface area contributed by atoms with Gasteiger partial charge in [0.2, 0.25) is 5.95 Å². The Bertz CT molecular complexity index is 2280. The van der Waals surface area contributed by atoms with E-state index >= 15 is 0 Å². The van der Waals surface area contributed by atoms with E-state index in [0.29, 0.717) is 5.95 Å². The highest BCUT2D eigenvalue weighted by Crippen LogP contribution is 2.48. The number of para-hydroxylation sites is 1. The number of hydrogen-bond donors (Lipinski definition) is 0. The lowest BCUT2D eigenvalue weighted by molar-refractivity contribution is 0.492. The zero-order valence-electron chi connectivity index (χ0n) is 20.2. The zero-order chi connectivity index (χ0) is 24.8. The summed E-state index contributed by atoms with van der Waals surface area (Å²) in [5, 5.41) is 7.97. The highest BCUT2D eigenvalue weighted by atomic mass is 16.5. The molecule has 8 aromatic rings. The Kier molecular flexibility index (Phi) is 3.76. The highest BCUT2D eigenvalue weighted by Gasteiger charge is 2.26. The molecule has 0 spiro atoms. The van der Waals surface area contributed by atoms with Gasteiger partial charge < -0.3 is 4.74 Å².